The largest absolute Gasteiger partial charge is 0.345 e. The first-order chi connectivity index (χ1) is 8.15. The van der Waals surface area contributed by atoms with Crippen LogP contribution in [0.5, 0.6) is 0 Å². The molecule has 5 heteroatoms. The van der Waals surface area contributed by atoms with Crippen LogP contribution in [0.1, 0.15) is 36.0 Å². The highest BCUT2D eigenvalue weighted by Crippen LogP contribution is 2.29. The molecule has 3 N–H and O–H groups in total. The van der Waals surface area contributed by atoms with Crippen molar-refractivity contribution >= 4 is 29.9 Å². The van der Waals surface area contributed by atoms with E-state index < -0.39 is 0 Å². The Kier molecular flexibility index (Phi) is 5.45. The van der Waals surface area contributed by atoms with Crippen molar-refractivity contribution in [1.29, 1.82) is 0 Å². The highest BCUT2D eigenvalue weighted by atomic mass is 35.5. The Hall–Kier alpha value is -0.770. The summed E-state index contributed by atoms with van der Waals surface area (Å²) in [5.74, 6) is -0.0835. The molecule has 1 saturated carbocycles. The number of nitrogens with two attached hydrogens (primary N) is 1. The first-order valence-corrected chi connectivity index (χ1v) is 6.31. The van der Waals surface area contributed by atoms with Crippen LogP contribution in [0.3, 0.4) is 0 Å². The molecule has 1 aliphatic carbocycles. The summed E-state index contributed by atoms with van der Waals surface area (Å²) in [4.78, 5) is 12.1. The van der Waals surface area contributed by atoms with Crippen molar-refractivity contribution < 1.29 is 4.79 Å². The average molecular weight is 289 g/mol. The monoisotopic (exact) mass is 288 g/mol. The molecular formula is C13H18Cl2N2O. The van der Waals surface area contributed by atoms with E-state index in [-0.39, 0.29) is 23.9 Å². The molecule has 0 radical (unpaired) electrons. The van der Waals surface area contributed by atoms with Crippen LogP contribution in [0.4, 0.5) is 0 Å². The molecule has 0 unspecified atom stereocenters. The van der Waals surface area contributed by atoms with Gasteiger partial charge in [0.05, 0.1) is 5.54 Å². The van der Waals surface area contributed by atoms with Crippen LogP contribution in [-0.2, 0) is 0 Å². The smallest absolute Gasteiger partial charge is 0.251 e. The molecule has 0 aromatic heterocycles. The van der Waals surface area contributed by atoms with Gasteiger partial charge in [-0.1, -0.05) is 30.5 Å². The summed E-state index contributed by atoms with van der Waals surface area (Å²) in [5.41, 5.74) is 6.17. The van der Waals surface area contributed by atoms with Gasteiger partial charge in [-0.15, -0.1) is 12.4 Å². The highest BCUT2D eigenvalue weighted by molar-refractivity contribution is 6.30. The maximum absolute atomic E-state index is 12.1. The minimum Gasteiger partial charge on any atom is -0.345 e. The van der Waals surface area contributed by atoms with Crippen LogP contribution >= 0.6 is 24.0 Å². The van der Waals surface area contributed by atoms with Crippen molar-refractivity contribution in [3.05, 3.63) is 34.9 Å². The van der Waals surface area contributed by atoms with Crippen molar-refractivity contribution in [2.45, 2.75) is 31.2 Å². The molecule has 100 valence electrons. The molecule has 18 heavy (non-hydrogen) atoms. The minimum atomic E-state index is -0.209. The molecule has 0 spiro atoms. The fourth-order valence-corrected chi connectivity index (χ4v) is 2.56. The molecule has 0 bridgehead atoms. The van der Waals surface area contributed by atoms with Crippen LogP contribution in [0.25, 0.3) is 0 Å². The molecule has 2 rings (SSSR count). The van der Waals surface area contributed by atoms with Crippen LogP contribution in [-0.4, -0.2) is 18.0 Å². The Balaban J connectivity index is 0.00000162. The van der Waals surface area contributed by atoms with Gasteiger partial charge in [0, 0.05) is 17.1 Å². The lowest BCUT2D eigenvalue weighted by Crippen LogP contribution is -2.51. The molecular weight excluding hydrogens is 271 g/mol. The number of rotatable bonds is 3. The van der Waals surface area contributed by atoms with Gasteiger partial charge >= 0.3 is 0 Å². The van der Waals surface area contributed by atoms with Gasteiger partial charge in [-0.25, -0.2) is 0 Å². The van der Waals surface area contributed by atoms with Crippen LogP contribution in [0.15, 0.2) is 24.3 Å². The number of hydrogen-bond donors (Lipinski definition) is 2. The highest BCUT2D eigenvalue weighted by Gasteiger charge is 2.33. The van der Waals surface area contributed by atoms with Crippen LogP contribution < -0.4 is 11.1 Å². The minimum absolute atomic E-state index is 0. The number of carbonyl (C=O) groups is 1. The van der Waals surface area contributed by atoms with E-state index in [1.165, 1.54) is 0 Å². The molecule has 0 atom stereocenters. The number of amides is 1. The molecule has 0 saturated heterocycles. The van der Waals surface area contributed by atoms with Gasteiger partial charge in [-0.3, -0.25) is 4.79 Å². The van der Waals surface area contributed by atoms with Crippen LogP contribution in [0.2, 0.25) is 5.02 Å². The summed E-state index contributed by atoms with van der Waals surface area (Å²) in [6, 6.07) is 6.98. The molecule has 1 amide bonds. The lowest BCUT2D eigenvalue weighted by molar-refractivity contribution is 0.0903. The second-order valence-corrected chi connectivity index (χ2v) is 5.09. The summed E-state index contributed by atoms with van der Waals surface area (Å²) in [6.07, 6.45) is 4.20. The Morgan fingerprint density at radius 1 is 1.39 bits per heavy atom. The van der Waals surface area contributed by atoms with Gasteiger partial charge in [-0.2, -0.15) is 0 Å². The lowest BCUT2D eigenvalue weighted by Gasteiger charge is -2.28. The number of nitrogens with one attached hydrogen (secondary N) is 1. The molecule has 1 aromatic rings. The summed E-state index contributed by atoms with van der Waals surface area (Å²) < 4.78 is 0. The van der Waals surface area contributed by atoms with E-state index in [9.17, 15) is 4.79 Å². The summed E-state index contributed by atoms with van der Waals surface area (Å²) >= 11 is 5.87. The van der Waals surface area contributed by atoms with Gasteiger partial charge in [-0.05, 0) is 31.0 Å². The Labute approximate surface area is 118 Å². The number of halogens is 2. The molecule has 0 heterocycles. The van der Waals surface area contributed by atoms with Crippen molar-refractivity contribution in [2.24, 2.45) is 5.73 Å². The average Bonchev–Trinajstić information content (AvgIpc) is 2.78. The SMILES string of the molecule is Cl.NCC1(NC(=O)c2cccc(Cl)c2)CCCC1. The van der Waals surface area contributed by atoms with Gasteiger partial charge in [0.25, 0.3) is 5.91 Å². The van der Waals surface area contributed by atoms with E-state index in [0.717, 1.165) is 25.7 Å². The predicted molar refractivity (Wildman–Crippen MR) is 76.4 cm³/mol. The number of carbonyl (C=O) groups excluding carboxylic acids is 1. The maximum Gasteiger partial charge on any atom is 0.251 e. The van der Waals surface area contributed by atoms with E-state index in [0.29, 0.717) is 17.1 Å². The quantitative estimate of drug-likeness (QED) is 0.899. The van der Waals surface area contributed by atoms with Crippen molar-refractivity contribution in [3.8, 4) is 0 Å². The van der Waals surface area contributed by atoms with E-state index in [2.05, 4.69) is 5.32 Å². The molecule has 3 nitrogen and oxygen atoms in total. The summed E-state index contributed by atoms with van der Waals surface area (Å²) in [6.45, 7) is 0.499. The topological polar surface area (TPSA) is 55.1 Å². The van der Waals surface area contributed by atoms with Crippen LogP contribution in [0, 0.1) is 0 Å². The van der Waals surface area contributed by atoms with Gasteiger partial charge in [0.1, 0.15) is 0 Å². The van der Waals surface area contributed by atoms with E-state index in [1.807, 2.05) is 0 Å². The number of benzene rings is 1. The number of hydrogen-bond acceptors (Lipinski definition) is 2. The normalized spacial score (nSPS) is 17.0. The van der Waals surface area contributed by atoms with Gasteiger partial charge in [0.15, 0.2) is 0 Å². The third-order valence-corrected chi connectivity index (χ3v) is 3.65. The Bertz CT molecular complexity index is 417. The van der Waals surface area contributed by atoms with Crippen molar-refractivity contribution in [1.82, 2.24) is 5.32 Å². The predicted octanol–water partition coefficient (Wildman–Crippen LogP) is 2.76. The van der Waals surface area contributed by atoms with Crippen molar-refractivity contribution in [2.75, 3.05) is 6.54 Å². The summed E-state index contributed by atoms with van der Waals surface area (Å²) in [7, 11) is 0. The lowest BCUT2D eigenvalue weighted by atomic mass is 9.97. The van der Waals surface area contributed by atoms with E-state index in [1.54, 1.807) is 24.3 Å². The zero-order chi connectivity index (χ0) is 12.3. The Morgan fingerprint density at radius 3 is 2.61 bits per heavy atom. The van der Waals surface area contributed by atoms with E-state index >= 15 is 0 Å². The molecule has 1 aromatic carbocycles. The standard InChI is InChI=1S/C13H17ClN2O.ClH/c14-11-5-3-4-10(8-11)12(17)16-13(9-15)6-1-2-7-13;/h3-5,8H,1-2,6-7,9,15H2,(H,16,17);1H. The first kappa shape index (κ1) is 15.3. The fourth-order valence-electron chi connectivity index (χ4n) is 2.37. The fraction of sp³-hybridized carbons (Fsp3) is 0.462. The van der Waals surface area contributed by atoms with Gasteiger partial charge < -0.3 is 11.1 Å². The third kappa shape index (κ3) is 3.37. The zero-order valence-corrected chi connectivity index (χ0v) is 11.7. The second-order valence-electron chi connectivity index (χ2n) is 4.66. The van der Waals surface area contributed by atoms with E-state index in [4.69, 9.17) is 17.3 Å². The first-order valence-electron chi connectivity index (χ1n) is 5.93. The molecule has 1 fully saturated rings. The zero-order valence-electron chi connectivity index (χ0n) is 10.1. The molecule has 0 aliphatic heterocycles. The van der Waals surface area contributed by atoms with Crippen molar-refractivity contribution in [3.63, 3.8) is 0 Å². The third-order valence-electron chi connectivity index (χ3n) is 3.42. The molecule has 1 aliphatic rings. The maximum atomic E-state index is 12.1. The second kappa shape index (κ2) is 6.41. The van der Waals surface area contributed by atoms with Gasteiger partial charge in [0.2, 0.25) is 0 Å². The summed E-state index contributed by atoms with van der Waals surface area (Å²) in [5, 5.41) is 3.64. The Morgan fingerprint density at radius 2 is 2.06 bits per heavy atom.